The van der Waals surface area contributed by atoms with Gasteiger partial charge < -0.3 is 9.72 Å². The highest BCUT2D eigenvalue weighted by molar-refractivity contribution is 5.88. The number of benzene rings is 1. The fourth-order valence-electron chi connectivity index (χ4n) is 2.79. The monoisotopic (exact) mass is 243 g/mol. The minimum Gasteiger partial charge on any atom is -0.469 e. The van der Waals surface area contributed by atoms with Crippen molar-refractivity contribution in [3.8, 4) is 0 Å². The average molecular weight is 243 g/mol. The highest BCUT2D eigenvalue weighted by Gasteiger charge is 2.14. The molecule has 3 nitrogen and oxygen atoms in total. The second-order valence-electron chi connectivity index (χ2n) is 4.94. The molecule has 2 aromatic rings. The average Bonchev–Trinajstić information content (AvgIpc) is 2.78. The number of aromatic amines is 1. The Bertz CT molecular complexity index is 598. The van der Waals surface area contributed by atoms with E-state index in [0.29, 0.717) is 6.42 Å². The van der Waals surface area contributed by atoms with Gasteiger partial charge in [0.25, 0.3) is 0 Å². The lowest BCUT2D eigenvalue weighted by molar-refractivity contribution is -0.139. The third-order valence-electron chi connectivity index (χ3n) is 3.79. The van der Waals surface area contributed by atoms with Gasteiger partial charge in [0, 0.05) is 17.1 Å². The van der Waals surface area contributed by atoms with E-state index in [4.69, 9.17) is 4.74 Å². The summed E-state index contributed by atoms with van der Waals surface area (Å²) in [7, 11) is 1.43. The van der Waals surface area contributed by atoms with E-state index in [1.165, 1.54) is 42.9 Å². The minimum atomic E-state index is -0.186. The number of aromatic nitrogens is 1. The molecule has 3 rings (SSSR count). The van der Waals surface area contributed by atoms with Crippen molar-refractivity contribution >= 4 is 16.9 Å². The molecule has 0 saturated carbocycles. The molecule has 1 aliphatic carbocycles. The standard InChI is InChI=1S/C15H17NO2/c1-18-15(17)8-12-9-16-14-7-11-5-3-2-4-10(11)6-13(12)14/h6-7,9,16H,2-5,8H2,1H3. The molecule has 0 amide bonds. The van der Waals surface area contributed by atoms with Crippen LogP contribution in [0.15, 0.2) is 18.3 Å². The van der Waals surface area contributed by atoms with Gasteiger partial charge in [0.15, 0.2) is 0 Å². The molecule has 18 heavy (non-hydrogen) atoms. The number of hydrogen-bond acceptors (Lipinski definition) is 2. The first-order valence-corrected chi connectivity index (χ1v) is 6.46. The van der Waals surface area contributed by atoms with Crippen molar-refractivity contribution < 1.29 is 9.53 Å². The SMILES string of the molecule is COC(=O)Cc1c[nH]c2cc3c(cc12)CCCC3. The number of rotatable bonds is 2. The molecule has 1 aliphatic rings. The zero-order chi connectivity index (χ0) is 12.5. The number of carbonyl (C=O) groups excluding carboxylic acids is 1. The molecule has 1 N–H and O–H groups in total. The molecule has 0 bridgehead atoms. The van der Waals surface area contributed by atoms with E-state index in [-0.39, 0.29) is 5.97 Å². The summed E-state index contributed by atoms with van der Waals surface area (Å²) in [4.78, 5) is 14.6. The summed E-state index contributed by atoms with van der Waals surface area (Å²) in [6, 6.07) is 4.49. The van der Waals surface area contributed by atoms with Crippen LogP contribution < -0.4 is 0 Å². The Morgan fingerprint density at radius 1 is 1.28 bits per heavy atom. The Morgan fingerprint density at radius 3 is 2.72 bits per heavy atom. The van der Waals surface area contributed by atoms with Crippen molar-refractivity contribution in [1.29, 1.82) is 0 Å². The molecule has 0 unspecified atom stereocenters. The number of hydrogen-bond donors (Lipinski definition) is 1. The Kier molecular flexibility index (Phi) is 2.82. The van der Waals surface area contributed by atoms with Crippen LogP contribution in [-0.2, 0) is 28.8 Å². The summed E-state index contributed by atoms with van der Waals surface area (Å²) in [6.07, 6.45) is 7.16. The lowest BCUT2D eigenvalue weighted by Gasteiger charge is -2.15. The van der Waals surface area contributed by atoms with Gasteiger partial charge >= 0.3 is 5.97 Å². The van der Waals surface area contributed by atoms with Gasteiger partial charge in [-0.25, -0.2) is 0 Å². The molecule has 1 heterocycles. The number of esters is 1. The summed E-state index contributed by atoms with van der Waals surface area (Å²) in [5, 5.41) is 1.17. The summed E-state index contributed by atoms with van der Waals surface area (Å²) in [5.41, 5.74) is 5.07. The highest BCUT2D eigenvalue weighted by Crippen LogP contribution is 2.28. The molecule has 3 heteroatoms. The summed E-state index contributed by atoms with van der Waals surface area (Å²) in [6.45, 7) is 0. The van der Waals surface area contributed by atoms with E-state index < -0.39 is 0 Å². The number of nitrogens with one attached hydrogen (secondary N) is 1. The second kappa shape index (κ2) is 4.48. The van der Waals surface area contributed by atoms with E-state index in [1.54, 1.807) is 0 Å². The lowest BCUT2D eigenvalue weighted by atomic mass is 9.90. The van der Waals surface area contributed by atoms with Gasteiger partial charge in [0.1, 0.15) is 0 Å². The van der Waals surface area contributed by atoms with Gasteiger partial charge in [0.2, 0.25) is 0 Å². The molecule has 0 atom stereocenters. The van der Waals surface area contributed by atoms with Crippen LogP contribution in [0.25, 0.3) is 10.9 Å². The maximum Gasteiger partial charge on any atom is 0.310 e. The van der Waals surface area contributed by atoms with Crippen molar-refractivity contribution in [1.82, 2.24) is 4.98 Å². The first kappa shape index (κ1) is 11.3. The van der Waals surface area contributed by atoms with Gasteiger partial charge in [-0.05, 0) is 54.5 Å². The number of carbonyl (C=O) groups is 1. The summed E-state index contributed by atoms with van der Waals surface area (Å²) >= 11 is 0. The molecule has 1 aromatic carbocycles. The van der Waals surface area contributed by atoms with Crippen LogP contribution in [-0.4, -0.2) is 18.1 Å². The molecule has 0 aliphatic heterocycles. The molecule has 0 saturated heterocycles. The number of methoxy groups -OCH3 is 1. The largest absolute Gasteiger partial charge is 0.469 e. The van der Waals surface area contributed by atoms with E-state index in [1.807, 2.05) is 6.20 Å². The van der Waals surface area contributed by atoms with Crippen molar-refractivity contribution in [2.24, 2.45) is 0 Å². The van der Waals surface area contributed by atoms with E-state index >= 15 is 0 Å². The fraction of sp³-hybridized carbons (Fsp3) is 0.400. The molecule has 0 spiro atoms. The van der Waals surface area contributed by atoms with E-state index in [0.717, 1.165) is 17.5 Å². The smallest absolute Gasteiger partial charge is 0.310 e. The molecule has 1 aromatic heterocycles. The molecular weight excluding hydrogens is 226 g/mol. The highest BCUT2D eigenvalue weighted by atomic mass is 16.5. The normalized spacial score (nSPS) is 14.5. The number of fused-ring (bicyclic) bond motifs is 2. The van der Waals surface area contributed by atoms with E-state index in [9.17, 15) is 4.79 Å². The molecular formula is C15H17NO2. The first-order chi connectivity index (χ1) is 8.78. The number of aryl methyl sites for hydroxylation is 2. The van der Waals surface area contributed by atoms with Gasteiger partial charge in [-0.15, -0.1) is 0 Å². The van der Waals surface area contributed by atoms with Crippen LogP contribution in [0.3, 0.4) is 0 Å². The van der Waals surface area contributed by atoms with Crippen LogP contribution >= 0.6 is 0 Å². The Balaban J connectivity index is 2.04. The Hall–Kier alpha value is -1.77. The van der Waals surface area contributed by atoms with Crippen LogP contribution in [0.1, 0.15) is 29.5 Å². The first-order valence-electron chi connectivity index (χ1n) is 6.46. The van der Waals surface area contributed by atoms with Gasteiger partial charge in [0.05, 0.1) is 13.5 Å². The van der Waals surface area contributed by atoms with E-state index in [2.05, 4.69) is 17.1 Å². The predicted octanol–water partition coefficient (Wildman–Crippen LogP) is 2.76. The third-order valence-corrected chi connectivity index (χ3v) is 3.79. The van der Waals surface area contributed by atoms with Crippen molar-refractivity contribution in [3.05, 3.63) is 35.0 Å². The summed E-state index contributed by atoms with van der Waals surface area (Å²) < 4.78 is 4.73. The fourth-order valence-corrected chi connectivity index (χ4v) is 2.79. The second-order valence-corrected chi connectivity index (χ2v) is 4.94. The van der Waals surface area contributed by atoms with Crippen LogP contribution in [0, 0.1) is 0 Å². The third kappa shape index (κ3) is 1.90. The topological polar surface area (TPSA) is 42.1 Å². The molecule has 94 valence electrons. The summed E-state index contributed by atoms with van der Waals surface area (Å²) in [5.74, 6) is -0.186. The van der Waals surface area contributed by atoms with Crippen molar-refractivity contribution in [2.45, 2.75) is 32.1 Å². The van der Waals surface area contributed by atoms with Crippen LogP contribution in [0.5, 0.6) is 0 Å². The molecule has 0 fully saturated rings. The maximum atomic E-state index is 11.4. The van der Waals surface area contributed by atoms with Crippen molar-refractivity contribution in [3.63, 3.8) is 0 Å². The van der Waals surface area contributed by atoms with Gasteiger partial charge in [-0.1, -0.05) is 0 Å². The van der Waals surface area contributed by atoms with Crippen molar-refractivity contribution in [2.75, 3.05) is 7.11 Å². The maximum absolute atomic E-state index is 11.4. The van der Waals surface area contributed by atoms with Crippen LogP contribution in [0.2, 0.25) is 0 Å². The van der Waals surface area contributed by atoms with Gasteiger partial charge in [-0.3, -0.25) is 4.79 Å². The quantitative estimate of drug-likeness (QED) is 0.824. The Morgan fingerprint density at radius 2 is 2.00 bits per heavy atom. The lowest BCUT2D eigenvalue weighted by Crippen LogP contribution is -2.05. The zero-order valence-electron chi connectivity index (χ0n) is 10.6. The molecule has 0 radical (unpaired) electrons. The van der Waals surface area contributed by atoms with Gasteiger partial charge in [-0.2, -0.15) is 0 Å². The van der Waals surface area contributed by atoms with Crippen LogP contribution in [0.4, 0.5) is 0 Å². The number of ether oxygens (including phenoxy) is 1. The minimum absolute atomic E-state index is 0.186. The predicted molar refractivity (Wildman–Crippen MR) is 70.7 cm³/mol. The zero-order valence-corrected chi connectivity index (χ0v) is 10.6. The Labute approximate surface area is 106 Å². The number of H-pyrrole nitrogens is 1.